The zero-order chi connectivity index (χ0) is 12.6. The van der Waals surface area contributed by atoms with Gasteiger partial charge in [0.1, 0.15) is 0 Å². The zero-order valence-corrected chi connectivity index (χ0v) is 10.5. The van der Waals surface area contributed by atoms with Gasteiger partial charge in [-0.15, -0.1) is 0 Å². The Hall–Kier alpha value is -1.31. The Balaban J connectivity index is 3.83. The number of carboxylic acid groups (broad SMARTS) is 1. The Morgan fingerprint density at radius 3 is 2.19 bits per heavy atom. The molecule has 0 fully saturated rings. The van der Waals surface area contributed by atoms with Gasteiger partial charge < -0.3 is 5.11 Å². The summed E-state index contributed by atoms with van der Waals surface area (Å²) in [4.78, 5) is 10.5. The molecule has 0 aromatic carbocycles. The van der Waals surface area contributed by atoms with Crippen molar-refractivity contribution >= 4 is 5.97 Å². The molecule has 1 N–H and O–H groups in total. The molecule has 0 atom stereocenters. The van der Waals surface area contributed by atoms with Crippen molar-refractivity contribution in [2.45, 2.75) is 46.5 Å². The Kier molecular flexibility index (Phi) is 7.27. The molecule has 90 valence electrons. The first kappa shape index (κ1) is 14.7. The Morgan fingerprint density at radius 2 is 1.69 bits per heavy atom. The van der Waals surface area contributed by atoms with Crippen LogP contribution in [0.25, 0.3) is 0 Å². The third kappa shape index (κ3) is 8.04. The normalized spacial score (nSPS) is 11.1. The van der Waals surface area contributed by atoms with Gasteiger partial charge in [0.25, 0.3) is 0 Å². The number of carboxylic acids is 1. The average Bonchev–Trinajstić information content (AvgIpc) is 2.16. The monoisotopic (exact) mass is 222 g/mol. The number of aliphatic carboxylic acids is 1. The molecule has 0 aromatic rings. The maximum absolute atomic E-state index is 10.5. The van der Waals surface area contributed by atoms with Crippen LogP contribution < -0.4 is 0 Å². The number of rotatable bonds is 7. The summed E-state index contributed by atoms with van der Waals surface area (Å²) in [6.07, 6.45) is 7.73. The summed E-state index contributed by atoms with van der Waals surface area (Å²) in [7, 11) is 0. The molecule has 0 unspecified atom stereocenters. The second-order valence-corrected chi connectivity index (χ2v) is 4.32. The summed E-state index contributed by atoms with van der Waals surface area (Å²) in [6.45, 7) is 9.77. The van der Waals surface area contributed by atoms with Crippen molar-refractivity contribution in [3.05, 3.63) is 35.5 Å². The van der Waals surface area contributed by atoms with Gasteiger partial charge in [0.15, 0.2) is 0 Å². The summed E-state index contributed by atoms with van der Waals surface area (Å²) < 4.78 is 0. The van der Waals surface area contributed by atoms with Crippen LogP contribution in [-0.2, 0) is 4.79 Å². The van der Waals surface area contributed by atoms with Gasteiger partial charge in [-0.1, -0.05) is 29.9 Å². The third-order valence-corrected chi connectivity index (χ3v) is 2.33. The van der Waals surface area contributed by atoms with Gasteiger partial charge >= 0.3 is 5.97 Å². The molecule has 0 bridgehead atoms. The maximum atomic E-state index is 10.5. The minimum absolute atomic E-state index is 0.286. The minimum Gasteiger partial charge on any atom is -0.478 e. The predicted octanol–water partition coefficient (Wildman–Crippen LogP) is 4.10. The Morgan fingerprint density at radius 1 is 1.12 bits per heavy atom. The van der Waals surface area contributed by atoms with Crippen LogP contribution in [0.2, 0.25) is 0 Å². The van der Waals surface area contributed by atoms with Crippen LogP contribution in [0.4, 0.5) is 0 Å². The van der Waals surface area contributed by atoms with Crippen molar-refractivity contribution < 1.29 is 9.90 Å². The van der Waals surface area contributed by atoms with Crippen molar-refractivity contribution in [3.63, 3.8) is 0 Å². The van der Waals surface area contributed by atoms with Crippen LogP contribution in [0.15, 0.2) is 35.5 Å². The fourth-order valence-electron chi connectivity index (χ4n) is 1.29. The van der Waals surface area contributed by atoms with E-state index in [1.807, 2.05) is 0 Å². The molecule has 2 heteroatoms. The van der Waals surface area contributed by atoms with Gasteiger partial charge in [0, 0.05) is 5.57 Å². The van der Waals surface area contributed by atoms with E-state index in [0.717, 1.165) is 19.3 Å². The van der Waals surface area contributed by atoms with Crippen molar-refractivity contribution in [1.29, 1.82) is 0 Å². The van der Waals surface area contributed by atoms with Gasteiger partial charge in [0.2, 0.25) is 0 Å². The van der Waals surface area contributed by atoms with Crippen molar-refractivity contribution in [2.75, 3.05) is 0 Å². The van der Waals surface area contributed by atoms with Crippen LogP contribution in [0.5, 0.6) is 0 Å². The number of hydrogen-bond donors (Lipinski definition) is 1. The zero-order valence-electron chi connectivity index (χ0n) is 10.5. The summed E-state index contributed by atoms with van der Waals surface area (Å²) >= 11 is 0. The second-order valence-electron chi connectivity index (χ2n) is 4.32. The van der Waals surface area contributed by atoms with Crippen LogP contribution in [0, 0.1) is 0 Å². The predicted molar refractivity (Wildman–Crippen MR) is 68.4 cm³/mol. The number of hydrogen-bond acceptors (Lipinski definition) is 1. The van der Waals surface area contributed by atoms with E-state index < -0.39 is 5.97 Å². The van der Waals surface area contributed by atoms with Gasteiger partial charge in [-0.3, -0.25) is 0 Å². The fraction of sp³-hybridized carbons (Fsp3) is 0.500. The van der Waals surface area contributed by atoms with Gasteiger partial charge in [0.05, 0.1) is 0 Å². The molecule has 0 saturated heterocycles. The van der Waals surface area contributed by atoms with Crippen LogP contribution in [0.1, 0.15) is 46.5 Å². The van der Waals surface area contributed by atoms with Crippen molar-refractivity contribution in [2.24, 2.45) is 0 Å². The molecule has 0 aliphatic rings. The highest BCUT2D eigenvalue weighted by atomic mass is 16.4. The molecule has 0 amide bonds. The van der Waals surface area contributed by atoms with E-state index in [1.165, 1.54) is 11.1 Å². The van der Waals surface area contributed by atoms with Crippen LogP contribution in [0.3, 0.4) is 0 Å². The smallest absolute Gasteiger partial charge is 0.330 e. The lowest BCUT2D eigenvalue weighted by Crippen LogP contribution is -1.97. The molecule has 2 nitrogen and oxygen atoms in total. The lowest BCUT2D eigenvalue weighted by molar-refractivity contribution is -0.132. The van der Waals surface area contributed by atoms with E-state index in [4.69, 9.17) is 5.11 Å². The van der Waals surface area contributed by atoms with Crippen LogP contribution >= 0.6 is 0 Å². The first-order chi connectivity index (χ1) is 7.43. The Labute approximate surface area is 98.4 Å². The van der Waals surface area contributed by atoms with E-state index in [2.05, 4.69) is 39.5 Å². The lowest BCUT2D eigenvalue weighted by Gasteiger charge is -2.00. The summed E-state index contributed by atoms with van der Waals surface area (Å²) in [5.41, 5.74) is 2.94. The molecule has 0 rings (SSSR count). The fourth-order valence-corrected chi connectivity index (χ4v) is 1.29. The molecule has 0 aliphatic carbocycles. The summed E-state index contributed by atoms with van der Waals surface area (Å²) in [5.74, 6) is -0.893. The molecule has 0 aromatic heterocycles. The third-order valence-electron chi connectivity index (χ3n) is 2.33. The molecule has 16 heavy (non-hydrogen) atoms. The highest BCUT2D eigenvalue weighted by Gasteiger charge is 2.01. The highest BCUT2D eigenvalue weighted by Crippen LogP contribution is 2.10. The van der Waals surface area contributed by atoms with Gasteiger partial charge in [-0.2, -0.15) is 0 Å². The molecular formula is C14H22O2. The number of allylic oxidation sites excluding steroid dienone is 4. The summed E-state index contributed by atoms with van der Waals surface area (Å²) in [5, 5.41) is 8.62. The van der Waals surface area contributed by atoms with E-state index in [0.29, 0.717) is 6.42 Å². The second kappa shape index (κ2) is 7.91. The summed E-state index contributed by atoms with van der Waals surface area (Å²) in [6, 6.07) is 0. The standard InChI is InChI=1S/C14H22O2/c1-11(2)7-5-8-12(3)9-6-10-13(4)14(15)16/h7,9H,4-6,8,10H2,1-3H3,(H,15,16)/b12-9-. The first-order valence-corrected chi connectivity index (χ1v) is 5.63. The van der Waals surface area contributed by atoms with E-state index in [-0.39, 0.29) is 5.57 Å². The molecule has 0 radical (unpaired) electrons. The molecule has 0 saturated carbocycles. The maximum Gasteiger partial charge on any atom is 0.330 e. The van der Waals surface area contributed by atoms with Gasteiger partial charge in [-0.25, -0.2) is 4.79 Å². The SMILES string of the molecule is C=C(CC/C=C(/C)CCC=C(C)C)C(=O)O. The highest BCUT2D eigenvalue weighted by molar-refractivity contribution is 5.85. The molecule has 0 heterocycles. The van der Waals surface area contributed by atoms with Crippen molar-refractivity contribution in [3.8, 4) is 0 Å². The lowest BCUT2D eigenvalue weighted by atomic mass is 10.1. The molecular weight excluding hydrogens is 200 g/mol. The van der Waals surface area contributed by atoms with E-state index >= 15 is 0 Å². The average molecular weight is 222 g/mol. The Bertz CT molecular complexity index is 305. The quantitative estimate of drug-likeness (QED) is 0.520. The largest absolute Gasteiger partial charge is 0.478 e. The molecule has 0 aliphatic heterocycles. The van der Waals surface area contributed by atoms with Gasteiger partial charge in [-0.05, 0) is 46.5 Å². The first-order valence-electron chi connectivity index (χ1n) is 5.63. The van der Waals surface area contributed by atoms with Crippen molar-refractivity contribution in [1.82, 2.24) is 0 Å². The van der Waals surface area contributed by atoms with Crippen LogP contribution in [-0.4, -0.2) is 11.1 Å². The molecule has 0 spiro atoms. The number of carbonyl (C=O) groups is 1. The van der Waals surface area contributed by atoms with E-state index in [1.54, 1.807) is 0 Å². The minimum atomic E-state index is -0.893. The topological polar surface area (TPSA) is 37.3 Å². The van der Waals surface area contributed by atoms with E-state index in [9.17, 15) is 4.79 Å².